The minimum atomic E-state index is -1.43. The van der Waals surface area contributed by atoms with Crippen LogP contribution in [0.2, 0.25) is 0 Å². The molecule has 0 bridgehead atoms. The number of methoxy groups -OCH3 is 1. The van der Waals surface area contributed by atoms with Gasteiger partial charge in [-0.2, -0.15) is 0 Å². The van der Waals surface area contributed by atoms with Crippen LogP contribution in [0.1, 0.15) is 40.5 Å². The van der Waals surface area contributed by atoms with Crippen molar-refractivity contribution < 1.29 is 61.9 Å². The zero-order valence-corrected chi connectivity index (χ0v) is 21.8. The summed E-state index contributed by atoms with van der Waals surface area (Å²) in [6, 6.07) is 0. The smallest absolute Gasteiger partial charge is 0.337 e. The lowest BCUT2D eigenvalue weighted by Crippen LogP contribution is -2.63. The number of rotatable bonds is 8. The molecule has 0 amide bonds. The van der Waals surface area contributed by atoms with Crippen molar-refractivity contribution in [2.24, 2.45) is 11.8 Å². The molecule has 0 spiro atoms. The molecule has 0 aromatic rings. The van der Waals surface area contributed by atoms with Gasteiger partial charge in [-0.25, -0.2) is 4.79 Å². The van der Waals surface area contributed by atoms with E-state index in [2.05, 4.69) is 6.58 Å². The summed E-state index contributed by atoms with van der Waals surface area (Å²) in [5.74, 6) is -4.23. The van der Waals surface area contributed by atoms with Crippen LogP contribution >= 0.6 is 0 Å². The van der Waals surface area contributed by atoms with E-state index in [1.54, 1.807) is 0 Å². The van der Waals surface area contributed by atoms with Crippen LogP contribution in [0, 0.1) is 11.8 Å². The van der Waals surface area contributed by atoms with Gasteiger partial charge in [0.2, 0.25) is 12.6 Å². The number of esters is 5. The van der Waals surface area contributed by atoms with E-state index in [0.717, 1.165) is 26.3 Å². The maximum atomic E-state index is 12.3. The molecule has 13 heteroatoms. The van der Waals surface area contributed by atoms with Gasteiger partial charge in [0.1, 0.15) is 12.7 Å². The van der Waals surface area contributed by atoms with E-state index >= 15 is 0 Å². The summed E-state index contributed by atoms with van der Waals surface area (Å²) >= 11 is 0. The van der Waals surface area contributed by atoms with E-state index in [4.69, 9.17) is 37.9 Å². The van der Waals surface area contributed by atoms with Crippen LogP contribution in [0.15, 0.2) is 24.0 Å². The molecule has 2 fully saturated rings. The molecule has 210 valence electrons. The van der Waals surface area contributed by atoms with E-state index in [0.29, 0.717) is 18.4 Å². The van der Waals surface area contributed by atoms with Gasteiger partial charge in [0.15, 0.2) is 18.3 Å². The Balaban J connectivity index is 1.97. The van der Waals surface area contributed by atoms with Crippen molar-refractivity contribution in [1.29, 1.82) is 0 Å². The number of carbonyl (C=O) groups excluding carboxylic acids is 5. The second-order valence-electron chi connectivity index (χ2n) is 9.10. The lowest BCUT2D eigenvalue weighted by molar-refractivity contribution is -0.342. The van der Waals surface area contributed by atoms with Crippen LogP contribution < -0.4 is 0 Å². The molecule has 3 aliphatic rings. The fourth-order valence-corrected chi connectivity index (χ4v) is 4.88. The molecule has 8 atom stereocenters. The molecule has 1 saturated heterocycles. The van der Waals surface area contributed by atoms with Crippen LogP contribution in [-0.2, 0) is 61.9 Å². The number of ether oxygens (including phenoxy) is 8. The topological polar surface area (TPSA) is 159 Å². The van der Waals surface area contributed by atoms with Crippen LogP contribution in [0.5, 0.6) is 0 Å². The van der Waals surface area contributed by atoms with Crippen molar-refractivity contribution in [3.05, 3.63) is 24.0 Å². The zero-order chi connectivity index (χ0) is 28.1. The van der Waals surface area contributed by atoms with Crippen LogP contribution in [0.25, 0.3) is 0 Å². The highest BCUT2D eigenvalue weighted by Gasteiger charge is 2.55. The first-order valence-corrected chi connectivity index (χ1v) is 12.0. The van der Waals surface area contributed by atoms with Crippen molar-refractivity contribution >= 4 is 29.8 Å². The predicted octanol–water partition coefficient (Wildman–Crippen LogP) is 1.08. The summed E-state index contributed by atoms with van der Waals surface area (Å²) in [5, 5.41) is 0. The van der Waals surface area contributed by atoms with E-state index in [1.165, 1.54) is 20.3 Å². The van der Waals surface area contributed by atoms with Crippen molar-refractivity contribution in [3.63, 3.8) is 0 Å². The Morgan fingerprint density at radius 3 is 2.08 bits per heavy atom. The molecular formula is C25H32O13. The molecule has 3 rings (SSSR count). The molecule has 0 radical (unpaired) electrons. The largest absolute Gasteiger partial charge is 0.471 e. The fraction of sp³-hybridized carbons (Fsp3) is 0.640. The van der Waals surface area contributed by atoms with Gasteiger partial charge in [0, 0.05) is 39.5 Å². The minimum absolute atomic E-state index is 0.306. The second kappa shape index (κ2) is 12.4. The van der Waals surface area contributed by atoms with Gasteiger partial charge < -0.3 is 37.9 Å². The predicted molar refractivity (Wildman–Crippen MR) is 123 cm³/mol. The summed E-state index contributed by atoms with van der Waals surface area (Å²) in [5.41, 5.74) is 1.10. The Hall–Kier alpha value is -3.45. The van der Waals surface area contributed by atoms with Crippen molar-refractivity contribution in [2.45, 2.75) is 77.5 Å². The fourth-order valence-electron chi connectivity index (χ4n) is 4.88. The van der Waals surface area contributed by atoms with Crippen LogP contribution in [-0.4, -0.2) is 80.6 Å². The average molecular weight is 541 g/mol. The Morgan fingerprint density at radius 2 is 1.50 bits per heavy atom. The normalized spacial score (nSPS) is 32.1. The summed E-state index contributed by atoms with van der Waals surface area (Å²) in [6.07, 6.45) is -5.28. The Labute approximate surface area is 219 Å². The maximum Gasteiger partial charge on any atom is 0.337 e. The van der Waals surface area contributed by atoms with Crippen LogP contribution in [0.3, 0.4) is 0 Å². The van der Waals surface area contributed by atoms with Crippen LogP contribution in [0.4, 0.5) is 0 Å². The number of hydrogen-bond donors (Lipinski definition) is 0. The molecule has 0 unspecified atom stereocenters. The quantitative estimate of drug-likeness (QED) is 0.245. The maximum absolute atomic E-state index is 12.3. The average Bonchev–Trinajstić information content (AvgIpc) is 3.22. The van der Waals surface area contributed by atoms with Gasteiger partial charge in [-0.3, -0.25) is 19.2 Å². The summed E-state index contributed by atoms with van der Waals surface area (Å²) in [6.45, 7) is 8.25. The third-order valence-electron chi connectivity index (χ3n) is 6.34. The van der Waals surface area contributed by atoms with Gasteiger partial charge >= 0.3 is 29.8 Å². The third kappa shape index (κ3) is 6.70. The first-order valence-electron chi connectivity index (χ1n) is 12.0. The summed E-state index contributed by atoms with van der Waals surface area (Å²) in [4.78, 5) is 59.7. The Kier molecular flexibility index (Phi) is 9.50. The molecular weight excluding hydrogens is 508 g/mol. The van der Waals surface area contributed by atoms with Crippen molar-refractivity contribution in [1.82, 2.24) is 0 Å². The van der Waals surface area contributed by atoms with E-state index in [-0.39, 0.29) is 5.92 Å². The highest BCUT2D eigenvalue weighted by Crippen LogP contribution is 2.47. The highest BCUT2D eigenvalue weighted by atomic mass is 16.8. The molecule has 0 aromatic heterocycles. The third-order valence-corrected chi connectivity index (χ3v) is 6.34. The van der Waals surface area contributed by atoms with Gasteiger partial charge in [-0.1, -0.05) is 12.2 Å². The van der Waals surface area contributed by atoms with Gasteiger partial charge in [-0.15, -0.1) is 0 Å². The lowest BCUT2D eigenvalue weighted by atomic mass is 9.85. The van der Waals surface area contributed by atoms with Crippen molar-refractivity contribution in [2.75, 3.05) is 13.7 Å². The molecule has 1 saturated carbocycles. The number of hydrogen-bond acceptors (Lipinski definition) is 13. The molecule has 1 aliphatic carbocycles. The van der Waals surface area contributed by atoms with Gasteiger partial charge in [0.25, 0.3) is 0 Å². The van der Waals surface area contributed by atoms with E-state index in [9.17, 15) is 24.0 Å². The molecule has 2 aliphatic heterocycles. The molecule has 0 N–H and O–H groups in total. The monoisotopic (exact) mass is 540 g/mol. The first kappa shape index (κ1) is 29.1. The second-order valence-corrected chi connectivity index (χ2v) is 9.10. The minimum Gasteiger partial charge on any atom is -0.471 e. The van der Waals surface area contributed by atoms with E-state index in [1.807, 2.05) is 0 Å². The zero-order valence-electron chi connectivity index (χ0n) is 21.8. The molecule has 2 heterocycles. The lowest BCUT2D eigenvalue weighted by Gasteiger charge is -2.45. The molecule has 38 heavy (non-hydrogen) atoms. The first-order chi connectivity index (χ1) is 17.9. The molecule has 13 nitrogen and oxygen atoms in total. The summed E-state index contributed by atoms with van der Waals surface area (Å²) < 4.78 is 44.0. The number of carbonyl (C=O) groups is 5. The Bertz CT molecular complexity index is 1000. The van der Waals surface area contributed by atoms with E-state index < -0.39 is 79.4 Å². The van der Waals surface area contributed by atoms with Gasteiger partial charge in [-0.05, 0) is 12.8 Å². The summed E-state index contributed by atoms with van der Waals surface area (Å²) in [7, 11) is 1.27. The molecule has 0 aromatic carbocycles. The highest BCUT2D eigenvalue weighted by molar-refractivity contribution is 5.89. The standard InChI is InChI=1S/C25H32O13/c1-11-7-8-16-17(23(30)31-6)9-33-24(19(11)16)38-25-22(36-15(5)29)21(35-14(4)28)20(34-13(3)27)18(37-25)10-32-12(2)26/h9,16,18-22,24-25H,1,7-8,10H2,2-6H3/t16-,18-,19-,20-,21+,22-,24+,25+/m1/s1. The Morgan fingerprint density at radius 1 is 0.895 bits per heavy atom. The number of fused-ring (bicyclic) bond motifs is 1. The van der Waals surface area contributed by atoms with Gasteiger partial charge in [0.05, 0.1) is 18.9 Å². The SMILES string of the molecule is C=C1CC[C@@H]2C(C(=O)OC)=CO[C@@H](O[C@@H]3O[C@H](COC(C)=O)[C@@H](OC(C)=O)[C@H](OC(C)=O)[C@H]3OC(C)=O)[C@H]12. The van der Waals surface area contributed by atoms with Crippen molar-refractivity contribution in [3.8, 4) is 0 Å².